The van der Waals surface area contributed by atoms with Gasteiger partial charge in [-0.15, -0.1) is 0 Å². The summed E-state index contributed by atoms with van der Waals surface area (Å²) in [7, 11) is 2.03. The van der Waals surface area contributed by atoms with Crippen LogP contribution in [0, 0.1) is 0 Å². The van der Waals surface area contributed by atoms with Crippen molar-refractivity contribution in [2.45, 2.75) is 32.2 Å². The van der Waals surface area contributed by atoms with Crippen LogP contribution in [0.1, 0.15) is 26.1 Å². The Morgan fingerprint density at radius 2 is 2.27 bits per heavy atom. The molecule has 1 heterocycles. The highest BCUT2D eigenvalue weighted by Gasteiger charge is 2.15. The van der Waals surface area contributed by atoms with Gasteiger partial charge in [-0.25, -0.2) is 4.98 Å². The summed E-state index contributed by atoms with van der Waals surface area (Å²) in [6.45, 7) is 5.43. The third kappa shape index (κ3) is 4.34. The van der Waals surface area contributed by atoms with Gasteiger partial charge < -0.3 is 9.88 Å². The van der Waals surface area contributed by atoms with Crippen LogP contribution in [-0.4, -0.2) is 27.0 Å². The lowest BCUT2D eigenvalue weighted by Crippen LogP contribution is -2.40. The molecule has 0 saturated carbocycles. The van der Waals surface area contributed by atoms with Gasteiger partial charge in [0, 0.05) is 43.3 Å². The van der Waals surface area contributed by atoms with Gasteiger partial charge >= 0.3 is 0 Å². The molecule has 0 saturated heterocycles. The Kier molecular flexibility index (Phi) is 4.80. The summed E-state index contributed by atoms with van der Waals surface area (Å²) in [5, 5.41) is 4.58. The molecule has 1 N–H and O–H groups in total. The Hall–Kier alpha value is -0.350. The second-order valence-corrected chi connectivity index (χ2v) is 5.25. The fourth-order valence-corrected chi connectivity index (χ4v) is 2.47. The molecule has 4 heteroatoms. The summed E-state index contributed by atoms with van der Waals surface area (Å²) in [4.78, 5) is 4.30. The van der Waals surface area contributed by atoms with E-state index in [1.165, 1.54) is 0 Å². The van der Waals surface area contributed by atoms with E-state index < -0.39 is 0 Å². The van der Waals surface area contributed by atoms with Crippen LogP contribution < -0.4 is 5.32 Å². The van der Waals surface area contributed by atoms with Crippen LogP contribution in [-0.2, 0) is 13.5 Å². The number of imidazole rings is 1. The number of alkyl halides is 1. The van der Waals surface area contributed by atoms with Gasteiger partial charge in [0.15, 0.2) is 0 Å². The van der Waals surface area contributed by atoms with E-state index in [0.717, 1.165) is 30.5 Å². The van der Waals surface area contributed by atoms with Gasteiger partial charge in [0.05, 0.1) is 0 Å². The zero-order valence-electron chi connectivity index (χ0n) is 9.76. The lowest BCUT2D eigenvalue weighted by atomic mass is 10.0. The zero-order valence-corrected chi connectivity index (χ0v) is 11.3. The second kappa shape index (κ2) is 5.66. The summed E-state index contributed by atoms with van der Waals surface area (Å²) >= 11 is 3.47. The minimum Gasteiger partial charge on any atom is -0.338 e. The van der Waals surface area contributed by atoms with Crippen LogP contribution in [0.4, 0.5) is 0 Å². The van der Waals surface area contributed by atoms with Crippen molar-refractivity contribution in [1.82, 2.24) is 14.9 Å². The van der Waals surface area contributed by atoms with Crippen molar-refractivity contribution in [2.24, 2.45) is 7.05 Å². The number of aryl methyl sites for hydroxylation is 1. The maximum absolute atomic E-state index is 4.30. The van der Waals surface area contributed by atoms with Gasteiger partial charge in [-0.3, -0.25) is 0 Å². The number of halogens is 1. The molecule has 15 heavy (non-hydrogen) atoms. The number of aromatic nitrogens is 2. The van der Waals surface area contributed by atoms with E-state index in [1.54, 1.807) is 0 Å². The first-order valence-electron chi connectivity index (χ1n) is 5.32. The fourth-order valence-electron chi connectivity index (χ4n) is 1.47. The molecule has 0 aliphatic rings. The third-order valence-electron chi connectivity index (χ3n) is 2.59. The first-order chi connectivity index (χ1) is 7.05. The van der Waals surface area contributed by atoms with E-state index >= 15 is 0 Å². The number of rotatable bonds is 6. The van der Waals surface area contributed by atoms with Crippen LogP contribution in [0.3, 0.4) is 0 Å². The van der Waals surface area contributed by atoms with Gasteiger partial charge in [-0.05, 0) is 20.3 Å². The molecule has 0 bridgehead atoms. The number of nitrogens with zero attached hydrogens (tertiary/aromatic N) is 2. The van der Waals surface area contributed by atoms with E-state index in [0.29, 0.717) is 0 Å². The molecule has 0 atom stereocenters. The fraction of sp³-hybridized carbons (Fsp3) is 0.727. The molecule has 3 nitrogen and oxygen atoms in total. The quantitative estimate of drug-likeness (QED) is 0.805. The van der Waals surface area contributed by atoms with E-state index in [-0.39, 0.29) is 5.54 Å². The molecule has 0 fully saturated rings. The van der Waals surface area contributed by atoms with Crippen molar-refractivity contribution < 1.29 is 0 Å². The topological polar surface area (TPSA) is 29.9 Å². The van der Waals surface area contributed by atoms with Gasteiger partial charge in [0.1, 0.15) is 5.82 Å². The number of hydrogen-bond acceptors (Lipinski definition) is 2. The Bertz CT molecular complexity index is 294. The van der Waals surface area contributed by atoms with Crippen molar-refractivity contribution in [1.29, 1.82) is 0 Å². The van der Waals surface area contributed by atoms with E-state index in [2.05, 4.69) is 44.6 Å². The molecule has 1 aromatic rings. The average molecular weight is 274 g/mol. The Morgan fingerprint density at radius 1 is 1.53 bits per heavy atom. The Labute approximate surface area is 100 Å². The van der Waals surface area contributed by atoms with Crippen molar-refractivity contribution in [3.63, 3.8) is 0 Å². The molecular formula is C11H20BrN3. The summed E-state index contributed by atoms with van der Waals surface area (Å²) in [6.07, 6.45) is 5.95. The third-order valence-corrected chi connectivity index (χ3v) is 2.99. The molecular weight excluding hydrogens is 254 g/mol. The zero-order chi connectivity index (χ0) is 11.3. The summed E-state index contributed by atoms with van der Waals surface area (Å²) in [5.74, 6) is 1.14. The van der Waals surface area contributed by atoms with E-state index in [1.807, 2.05) is 19.4 Å². The molecule has 0 aliphatic carbocycles. The van der Waals surface area contributed by atoms with Gasteiger partial charge in [-0.1, -0.05) is 15.9 Å². The van der Waals surface area contributed by atoms with Gasteiger partial charge in [0.2, 0.25) is 0 Å². The molecule has 0 spiro atoms. The normalized spacial score (nSPS) is 12.0. The van der Waals surface area contributed by atoms with Crippen LogP contribution in [0.5, 0.6) is 0 Å². The van der Waals surface area contributed by atoms with E-state index in [4.69, 9.17) is 0 Å². The van der Waals surface area contributed by atoms with Crippen LogP contribution in [0.15, 0.2) is 12.4 Å². The highest BCUT2D eigenvalue weighted by atomic mass is 79.9. The first-order valence-corrected chi connectivity index (χ1v) is 6.44. The lowest BCUT2D eigenvalue weighted by molar-refractivity contribution is 0.381. The number of nitrogens with one attached hydrogen (secondary N) is 1. The lowest BCUT2D eigenvalue weighted by Gasteiger charge is -2.25. The molecule has 0 radical (unpaired) electrons. The molecule has 86 valence electrons. The Morgan fingerprint density at radius 3 is 2.80 bits per heavy atom. The van der Waals surface area contributed by atoms with E-state index in [9.17, 15) is 0 Å². The average Bonchev–Trinajstić information content (AvgIpc) is 2.51. The van der Waals surface area contributed by atoms with Crippen molar-refractivity contribution in [3.05, 3.63) is 18.2 Å². The first kappa shape index (κ1) is 12.7. The molecule has 1 aromatic heterocycles. The second-order valence-electron chi connectivity index (χ2n) is 4.45. The smallest absolute Gasteiger partial charge is 0.109 e. The molecule has 0 amide bonds. The van der Waals surface area contributed by atoms with Crippen LogP contribution in [0.2, 0.25) is 0 Å². The van der Waals surface area contributed by atoms with Crippen molar-refractivity contribution in [2.75, 3.05) is 11.9 Å². The largest absolute Gasteiger partial charge is 0.338 e. The SMILES string of the molecule is Cn1ccnc1CCNC(C)(C)CCBr. The standard InChI is InChI=1S/C11H20BrN3/c1-11(2,5-6-12)14-7-4-10-13-8-9-15(10)3/h8-9,14H,4-7H2,1-3H3. The minimum atomic E-state index is 0.203. The van der Waals surface area contributed by atoms with Gasteiger partial charge in [-0.2, -0.15) is 0 Å². The molecule has 1 rings (SSSR count). The highest BCUT2D eigenvalue weighted by Crippen LogP contribution is 2.09. The monoisotopic (exact) mass is 273 g/mol. The van der Waals surface area contributed by atoms with Crippen molar-refractivity contribution >= 4 is 15.9 Å². The predicted octanol–water partition coefficient (Wildman–Crippen LogP) is 2.12. The summed E-state index contributed by atoms with van der Waals surface area (Å²) in [5.41, 5.74) is 0.203. The molecule has 0 aliphatic heterocycles. The van der Waals surface area contributed by atoms with Gasteiger partial charge in [0.25, 0.3) is 0 Å². The molecule has 0 aromatic carbocycles. The number of hydrogen-bond donors (Lipinski definition) is 1. The van der Waals surface area contributed by atoms with Crippen LogP contribution in [0.25, 0.3) is 0 Å². The summed E-state index contributed by atoms with van der Waals surface area (Å²) in [6, 6.07) is 0. The summed E-state index contributed by atoms with van der Waals surface area (Å²) < 4.78 is 2.07. The maximum Gasteiger partial charge on any atom is 0.109 e. The predicted molar refractivity (Wildman–Crippen MR) is 67.4 cm³/mol. The van der Waals surface area contributed by atoms with Crippen LogP contribution >= 0.6 is 15.9 Å². The Balaban J connectivity index is 2.30. The maximum atomic E-state index is 4.30. The minimum absolute atomic E-state index is 0.203. The highest BCUT2D eigenvalue weighted by molar-refractivity contribution is 9.09. The van der Waals surface area contributed by atoms with Crippen molar-refractivity contribution in [3.8, 4) is 0 Å². The molecule has 0 unspecified atom stereocenters.